The zero-order valence-corrected chi connectivity index (χ0v) is 11.2. The molecule has 104 valence electrons. The Balaban J connectivity index is 1.81. The van der Waals surface area contributed by atoms with Crippen molar-refractivity contribution in [1.29, 1.82) is 0 Å². The third kappa shape index (κ3) is 1.45. The van der Waals surface area contributed by atoms with Gasteiger partial charge in [0.25, 0.3) is 0 Å². The van der Waals surface area contributed by atoms with E-state index in [1.165, 1.54) is 11.1 Å². The van der Waals surface area contributed by atoms with Crippen LogP contribution in [0.3, 0.4) is 0 Å². The second kappa shape index (κ2) is 3.75. The summed E-state index contributed by atoms with van der Waals surface area (Å²) in [6, 6.07) is 4.11. The van der Waals surface area contributed by atoms with Gasteiger partial charge in [-0.1, -0.05) is 36.5 Å². The molecular weight excluding hydrogens is 264 g/mol. The smallest absolute Gasteiger partial charge is 0.184 e. The van der Waals surface area contributed by atoms with Crippen LogP contribution in [-0.2, 0) is 4.74 Å². The van der Waals surface area contributed by atoms with E-state index in [9.17, 15) is 10.2 Å². The van der Waals surface area contributed by atoms with Crippen molar-refractivity contribution in [3.8, 4) is 0 Å². The van der Waals surface area contributed by atoms with E-state index in [1.54, 1.807) is 0 Å². The van der Waals surface area contributed by atoms with Crippen molar-refractivity contribution in [2.75, 3.05) is 0 Å². The van der Waals surface area contributed by atoms with Gasteiger partial charge in [0.1, 0.15) is 18.0 Å². The topological polar surface area (TPSA) is 53.0 Å². The van der Waals surface area contributed by atoms with Crippen molar-refractivity contribution in [1.82, 2.24) is 0 Å². The van der Waals surface area contributed by atoms with E-state index in [1.807, 2.05) is 6.07 Å². The van der Waals surface area contributed by atoms with Gasteiger partial charge in [0.2, 0.25) is 0 Å². The monoisotopic (exact) mass is 278 g/mol. The third-order valence-electron chi connectivity index (χ3n) is 4.78. The minimum Gasteiger partial charge on any atom is -0.479 e. The Hall–Kier alpha value is -2.10. The van der Waals surface area contributed by atoms with Gasteiger partial charge in [0.05, 0.1) is 0 Å². The summed E-state index contributed by atoms with van der Waals surface area (Å²) in [6.45, 7) is 0. The minimum absolute atomic E-state index is 0.266. The molecule has 4 unspecified atom stereocenters. The molecule has 1 fully saturated rings. The number of aliphatic hydroxyl groups excluding tert-OH is 2. The molecule has 0 saturated carbocycles. The summed E-state index contributed by atoms with van der Waals surface area (Å²) in [6.07, 6.45) is 10.6. The van der Waals surface area contributed by atoms with E-state index >= 15 is 0 Å². The minimum atomic E-state index is -0.873. The predicted octanol–water partition coefficient (Wildman–Crippen LogP) is 0.532. The Labute approximate surface area is 121 Å². The van der Waals surface area contributed by atoms with E-state index in [0.717, 1.165) is 21.8 Å². The van der Waals surface area contributed by atoms with Crippen LogP contribution >= 0.6 is 0 Å². The molecule has 3 aliphatic carbocycles. The van der Waals surface area contributed by atoms with Gasteiger partial charge in [-0.25, -0.2) is 0 Å². The summed E-state index contributed by atoms with van der Waals surface area (Å²) in [5, 5.41) is 22.3. The Bertz CT molecular complexity index is 872. The lowest BCUT2D eigenvalue weighted by Gasteiger charge is -2.24. The third-order valence-corrected chi connectivity index (χ3v) is 4.78. The fourth-order valence-electron chi connectivity index (χ4n) is 3.60. The van der Waals surface area contributed by atoms with Crippen molar-refractivity contribution >= 4 is 11.8 Å². The number of benzene rings is 1. The number of aliphatic hydroxyl groups is 2. The average Bonchev–Trinajstić information content (AvgIpc) is 3.32. The van der Waals surface area contributed by atoms with Gasteiger partial charge in [0.15, 0.2) is 6.10 Å². The van der Waals surface area contributed by atoms with Crippen molar-refractivity contribution in [2.45, 2.75) is 24.2 Å². The molecule has 1 aromatic carbocycles. The second-order valence-corrected chi connectivity index (χ2v) is 5.96. The summed E-state index contributed by atoms with van der Waals surface area (Å²) in [7, 11) is 0. The summed E-state index contributed by atoms with van der Waals surface area (Å²) < 4.78 is 5.46. The molecule has 4 atom stereocenters. The van der Waals surface area contributed by atoms with Crippen LogP contribution < -0.4 is 10.4 Å². The van der Waals surface area contributed by atoms with E-state index in [-0.39, 0.29) is 12.0 Å². The predicted molar refractivity (Wildman–Crippen MR) is 78.5 cm³/mol. The quantitative estimate of drug-likeness (QED) is 0.681. The highest BCUT2D eigenvalue weighted by Gasteiger charge is 2.48. The van der Waals surface area contributed by atoms with Gasteiger partial charge < -0.3 is 14.9 Å². The van der Waals surface area contributed by atoms with Crippen molar-refractivity contribution in [3.63, 3.8) is 0 Å². The summed E-state index contributed by atoms with van der Waals surface area (Å²) in [5.74, 6) is 1.08. The van der Waals surface area contributed by atoms with Crippen molar-refractivity contribution < 1.29 is 14.9 Å². The molecule has 3 heteroatoms. The van der Waals surface area contributed by atoms with Crippen LogP contribution in [0.5, 0.6) is 0 Å². The van der Waals surface area contributed by atoms with Gasteiger partial charge in [-0.3, -0.25) is 0 Å². The first-order valence-corrected chi connectivity index (χ1v) is 7.21. The molecule has 0 spiro atoms. The summed E-state index contributed by atoms with van der Waals surface area (Å²) in [4.78, 5) is 0. The number of rotatable bonds is 0. The molecule has 2 N–H and O–H groups in total. The molecule has 5 rings (SSSR count). The number of epoxide rings is 1. The lowest BCUT2D eigenvalue weighted by Crippen LogP contribution is -2.35. The first-order valence-electron chi connectivity index (χ1n) is 7.21. The van der Waals surface area contributed by atoms with Gasteiger partial charge >= 0.3 is 0 Å². The lowest BCUT2D eigenvalue weighted by molar-refractivity contribution is 0.000841. The number of ether oxygens (including phenoxy) is 1. The highest BCUT2D eigenvalue weighted by molar-refractivity contribution is 5.64. The van der Waals surface area contributed by atoms with Crippen molar-refractivity contribution in [2.24, 2.45) is 0 Å². The van der Waals surface area contributed by atoms with E-state index in [0.29, 0.717) is 0 Å². The van der Waals surface area contributed by atoms with E-state index < -0.39 is 12.2 Å². The maximum Gasteiger partial charge on any atom is 0.184 e. The molecule has 0 radical (unpaired) electrons. The average molecular weight is 278 g/mol. The Morgan fingerprint density at radius 3 is 2.81 bits per heavy atom. The Morgan fingerprint density at radius 2 is 1.90 bits per heavy atom. The van der Waals surface area contributed by atoms with Crippen LogP contribution in [0.4, 0.5) is 0 Å². The van der Waals surface area contributed by atoms with E-state index in [4.69, 9.17) is 4.74 Å². The standard InChI is InChI=1S/C18H14O3/c19-15-13-7-10-6-5-9-3-1-2-4-11(9)12(10)8-14(13)17-18(21-17)16(15)20/h1-8,11,15-16,18-20H. The lowest BCUT2D eigenvalue weighted by atomic mass is 9.81. The highest BCUT2D eigenvalue weighted by atomic mass is 16.6. The molecule has 1 saturated heterocycles. The molecule has 3 nitrogen and oxygen atoms in total. The number of allylic oxidation sites excluding steroid dienone is 6. The highest BCUT2D eigenvalue weighted by Crippen LogP contribution is 2.40. The summed E-state index contributed by atoms with van der Waals surface area (Å²) >= 11 is 0. The molecule has 1 aliphatic heterocycles. The fourth-order valence-corrected chi connectivity index (χ4v) is 3.60. The van der Waals surface area contributed by atoms with Gasteiger partial charge in [-0.05, 0) is 34.1 Å². The molecule has 1 heterocycles. The van der Waals surface area contributed by atoms with Crippen LogP contribution in [0.25, 0.3) is 11.8 Å². The fraction of sp³-hybridized carbons (Fsp3) is 0.222. The number of hydrogen-bond acceptors (Lipinski definition) is 3. The van der Waals surface area contributed by atoms with Crippen LogP contribution in [0.1, 0.15) is 23.1 Å². The zero-order valence-electron chi connectivity index (χ0n) is 11.2. The largest absolute Gasteiger partial charge is 0.479 e. The van der Waals surface area contributed by atoms with E-state index in [2.05, 4.69) is 42.5 Å². The Morgan fingerprint density at radius 1 is 1.00 bits per heavy atom. The number of fused-ring (bicyclic) bond motifs is 5. The number of hydrogen-bond donors (Lipinski definition) is 2. The van der Waals surface area contributed by atoms with Gasteiger partial charge in [-0.2, -0.15) is 0 Å². The SMILES string of the molecule is OC1c2cc3c(cc2=C2OC2C1O)C1C=CC=CC1=CC=3. The van der Waals surface area contributed by atoms with Crippen LogP contribution in [-0.4, -0.2) is 22.4 Å². The molecule has 21 heavy (non-hydrogen) atoms. The van der Waals surface area contributed by atoms with Crippen LogP contribution in [0.15, 0.2) is 48.1 Å². The first-order chi connectivity index (χ1) is 10.2. The maximum atomic E-state index is 10.3. The normalized spacial score (nSPS) is 33.8. The molecular formula is C18H14O3. The summed E-state index contributed by atoms with van der Waals surface area (Å²) in [5.41, 5.74) is 3.28. The second-order valence-electron chi connectivity index (χ2n) is 5.96. The molecule has 0 bridgehead atoms. The van der Waals surface area contributed by atoms with Crippen molar-refractivity contribution in [3.05, 3.63) is 69.7 Å². The molecule has 0 amide bonds. The van der Waals surface area contributed by atoms with Gasteiger partial charge in [-0.15, -0.1) is 0 Å². The van der Waals surface area contributed by atoms with Gasteiger partial charge in [0, 0.05) is 11.1 Å². The van der Waals surface area contributed by atoms with Crippen LogP contribution in [0.2, 0.25) is 0 Å². The molecule has 4 aliphatic rings. The molecule has 0 aromatic heterocycles. The van der Waals surface area contributed by atoms with Crippen LogP contribution in [0, 0.1) is 0 Å². The Kier molecular flexibility index (Phi) is 2.06. The maximum absolute atomic E-state index is 10.3. The first kappa shape index (κ1) is 11.5. The zero-order chi connectivity index (χ0) is 14.1. The molecule has 1 aromatic rings.